The first-order valence-electron chi connectivity index (χ1n) is 6.31. The Morgan fingerprint density at radius 3 is 2.39 bits per heavy atom. The van der Waals surface area contributed by atoms with Crippen LogP contribution in [0.3, 0.4) is 0 Å². The van der Waals surface area contributed by atoms with Crippen LogP contribution in [0.15, 0.2) is 0 Å². The second-order valence-corrected chi connectivity index (χ2v) is 6.51. The zero-order valence-electron chi connectivity index (χ0n) is 10.3. The van der Waals surface area contributed by atoms with E-state index in [9.17, 15) is 13.2 Å². The Hall–Kier alpha value is -0.660. The van der Waals surface area contributed by atoms with E-state index in [1.54, 1.807) is 0 Å². The fourth-order valence-electron chi connectivity index (χ4n) is 2.31. The SMILES string of the molecule is O=C(O)CC(CCNC1CCCCC1)S(=O)(=O)O. The van der Waals surface area contributed by atoms with E-state index in [-0.39, 0.29) is 6.42 Å². The van der Waals surface area contributed by atoms with Crippen molar-refractivity contribution >= 4 is 16.1 Å². The largest absolute Gasteiger partial charge is 0.481 e. The summed E-state index contributed by atoms with van der Waals surface area (Å²) in [7, 11) is -4.28. The minimum absolute atomic E-state index is 0.127. The predicted octanol–water partition coefficient (Wildman–Crippen LogP) is 1.03. The van der Waals surface area contributed by atoms with Crippen LogP contribution >= 0.6 is 0 Å². The second kappa shape index (κ2) is 7.06. The van der Waals surface area contributed by atoms with Gasteiger partial charge in [-0.1, -0.05) is 19.3 Å². The van der Waals surface area contributed by atoms with E-state index in [0.717, 1.165) is 12.8 Å². The van der Waals surface area contributed by atoms with Crippen LogP contribution in [0.2, 0.25) is 0 Å². The molecule has 0 aromatic rings. The Morgan fingerprint density at radius 2 is 1.89 bits per heavy atom. The van der Waals surface area contributed by atoms with Gasteiger partial charge in [-0.15, -0.1) is 0 Å². The van der Waals surface area contributed by atoms with Crippen molar-refractivity contribution in [3.63, 3.8) is 0 Å². The zero-order valence-corrected chi connectivity index (χ0v) is 11.2. The molecule has 1 fully saturated rings. The van der Waals surface area contributed by atoms with Crippen molar-refractivity contribution in [2.24, 2.45) is 0 Å². The number of carboxylic acids is 1. The minimum Gasteiger partial charge on any atom is -0.481 e. The molecule has 0 heterocycles. The van der Waals surface area contributed by atoms with Gasteiger partial charge in [0.25, 0.3) is 10.1 Å². The van der Waals surface area contributed by atoms with E-state index in [2.05, 4.69) is 5.32 Å². The van der Waals surface area contributed by atoms with Gasteiger partial charge in [-0.2, -0.15) is 8.42 Å². The first-order valence-corrected chi connectivity index (χ1v) is 7.81. The Morgan fingerprint density at radius 1 is 1.28 bits per heavy atom. The first-order chi connectivity index (χ1) is 8.39. The third kappa shape index (κ3) is 5.79. The van der Waals surface area contributed by atoms with Crippen LogP contribution in [0, 0.1) is 0 Å². The Balaban J connectivity index is 2.35. The molecule has 0 bridgehead atoms. The monoisotopic (exact) mass is 279 g/mol. The maximum atomic E-state index is 11.0. The number of rotatable bonds is 7. The molecule has 1 saturated carbocycles. The quantitative estimate of drug-likeness (QED) is 0.601. The normalized spacial score (nSPS) is 19.6. The molecule has 0 spiro atoms. The van der Waals surface area contributed by atoms with Gasteiger partial charge in [0.1, 0.15) is 0 Å². The van der Waals surface area contributed by atoms with Gasteiger partial charge in [-0.05, 0) is 25.8 Å². The zero-order chi connectivity index (χ0) is 13.6. The van der Waals surface area contributed by atoms with Crippen molar-refractivity contribution in [1.82, 2.24) is 5.32 Å². The van der Waals surface area contributed by atoms with Crippen molar-refractivity contribution < 1.29 is 22.9 Å². The van der Waals surface area contributed by atoms with Crippen LogP contribution in [-0.2, 0) is 14.9 Å². The second-order valence-electron chi connectivity index (χ2n) is 4.81. The molecular formula is C11H21NO5S. The minimum atomic E-state index is -4.28. The number of hydrogen-bond donors (Lipinski definition) is 3. The van der Waals surface area contributed by atoms with Crippen LogP contribution in [0.25, 0.3) is 0 Å². The molecule has 0 saturated heterocycles. The molecule has 0 amide bonds. The standard InChI is InChI=1S/C11H21NO5S/c13-11(14)8-10(18(15,16)17)6-7-12-9-4-2-1-3-5-9/h9-10,12H,1-8H2,(H,13,14)(H,15,16,17). The highest BCUT2D eigenvalue weighted by atomic mass is 32.2. The molecule has 6 nitrogen and oxygen atoms in total. The number of hydrogen-bond acceptors (Lipinski definition) is 4. The highest BCUT2D eigenvalue weighted by Gasteiger charge is 2.25. The molecule has 1 rings (SSSR count). The summed E-state index contributed by atoms with van der Waals surface area (Å²) >= 11 is 0. The van der Waals surface area contributed by atoms with Crippen LogP contribution in [-0.4, -0.2) is 41.9 Å². The van der Waals surface area contributed by atoms with Crippen molar-refractivity contribution in [2.75, 3.05) is 6.54 Å². The predicted molar refractivity (Wildman–Crippen MR) is 67.1 cm³/mol. The summed E-state index contributed by atoms with van der Waals surface area (Å²) in [5.74, 6) is -1.21. The fraction of sp³-hybridized carbons (Fsp3) is 0.909. The van der Waals surface area contributed by atoms with Crippen molar-refractivity contribution in [1.29, 1.82) is 0 Å². The summed E-state index contributed by atoms with van der Waals surface area (Å²) in [6, 6.07) is 0.394. The van der Waals surface area contributed by atoms with Gasteiger partial charge in [0.2, 0.25) is 0 Å². The van der Waals surface area contributed by atoms with Gasteiger partial charge in [0.05, 0.1) is 11.7 Å². The third-order valence-electron chi connectivity index (χ3n) is 3.33. The van der Waals surface area contributed by atoms with Crippen molar-refractivity contribution in [2.45, 2.75) is 56.2 Å². The van der Waals surface area contributed by atoms with Gasteiger partial charge in [-0.25, -0.2) is 0 Å². The summed E-state index contributed by atoms with van der Waals surface area (Å²) in [4.78, 5) is 10.5. The Labute approximate surface area is 108 Å². The van der Waals surface area contributed by atoms with Crippen LogP contribution in [0.1, 0.15) is 44.9 Å². The smallest absolute Gasteiger partial charge is 0.304 e. The topological polar surface area (TPSA) is 104 Å². The average Bonchev–Trinajstić information content (AvgIpc) is 2.27. The lowest BCUT2D eigenvalue weighted by Crippen LogP contribution is -2.35. The van der Waals surface area contributed by atoms with E-state index < -0.39 is 27.8 Å². The van der Waals surface area contributed by atoms with Crippen LogP contribution in [0.5, 0.6) is 0 Å². The van der Waals surface area contributed by atoms with Gasteiger partial charge in [0.15, 0.2) is 0 Å². The molecule has 0 aromatic heterocycles. The highest BCUT2D eigenvalue weighted by molar-refractivity contribution is 7.86. The lowest BCUT2D eigenvalue weighted by Gasteiger charge is -2.23. The maximum absolute atomic E-state index is 11.0. The van der Waals surface area contributed by atoms with E-state index in [0.29, 0.717) is 12.6 Å². The molecule has 1 unspecified atom stereocenters. The number of carbonyl (C=O) groups is 1. The summed E-state index contributed by atoms with van der Waals surface area (Å²) in [5.41, 5.74) is 0. The van der Waals surface area contributed by atoms with E-state index >= 15 is 0 Å². The third-order valence-corrected chi connectivity index (χ3v) is 4.57. The molecule has 0 aliphatic heterocycles. The first kappa shape index (κ1) is 15.4. The molecule has 0 radical (unpaired) electrons. The van der Waals surface area contributed by atoms with Crippen LogP contribution in [0.4, 0.5) is 0 Å². The fourth-order valence-corrected chi connectivity index (χ4v) is 3.08. The Bertz CT molecular complexity index is 362. The summed E-state index contributed by atoms with van der Waals surface area (Å²) < 4.78 is 31.0. The van der Waals surface area contributed by atoms with Gasteiger partial charge in [-0.3, -0.25) is 9.35 Å². The van der Waals surface area contributed by atoms with E-state index in [4.69, 9.17) is 9.66 Å². The molecular weight excluding hydrogens is 258 g/mol. The van der Waals surface area contributed by atoms with Crippen molar-refractivity contribution in [3.8, 4) is 0 Å². The average molecular weight is 279 g/mol. The molecule has 0 aromatic carbocycles. The molecule has 1 aliphatic carbocycles. The number of nitrogens with one attached hydrogen (secondary N) is 1. The highest BCUT2D eigenvalue weighted by Crippen LogP contribution is 2.17. The molecule has 7 heteroatoms. The lowest BCUT2D eigenvalue weighted by atomic mass is 9.95. The number of aliphatic carboxylic acids is 1. The van der Waals surface area contributed by atoms with E-state index in [1.807, 2.05) is 0 Å². The van der Waals surface area contributed by atoms with Gasteiger partial charge >= 0.3 is 5.97 Å². The van der Waals surface area contributed by atoms with Gasteiger partial charge < -0.3 is 10.4 Å². The maximum Gasteiger partial charge on any atom is 0.304 e. The van der Waals surface area contributed by atoms with E-state index in [1.165, 1.54) is 19.3 Å². The molecule has 18 heavy (non-hydrogen) atoms. The van der Waals surface area contributed by atoms with Crippen LogP contribution < -0.4 is 5.32 Å². The summed E-state index contributed by atoms with van der Waals surface area (Å²) in [6.07, 6.45) is 5.33. The number of carboxylic acid groups (broad SMARTS) is 1. The lowest BCUT2D eigenvalue weighted by molar-refractivity contribution is -0.137. The summed E-state index contributed by atoms with van der Waals surface area (Å²) in [6.45, 7) is 0.419. The van der Waals surface area contributed by atoms with Crippen molar-refractivity contribution in [3.05, 3.63) is 0 Å². The molecule has 1 atom stereocenters. The molecule has 106 valence electrons. The molecule has 3 N–H and O–H groups in total. The summed E-state index contributed by atoms with van der Waals surface area (Å²) in [5, 5.41) is 10.6. The van der Waals surface area contributed by atoms with Gasteiger partial charge in [0, 0.05) is 6.04 Å². The Kier molecular flexibility index (Phi) is 6.04. The molecule has 1 aliphatic rings.